The van der Waals surface area contributed by atoms with Gasteiger partial charge in [-0.25, -0.2) is 4.99 Å². The SMILES string of the molecule is C=N/C=C1\C(=N/CNc2ccc(C(=O)NCC3CCOCC3)cc2OC)N(C2CCCC2)CC(C)(C)C(=O)N1C. The first-order valence-electron chi connectivity index (χ1n) is 14.3. The van der Waals surface area contributed by atoms with Crippen molar-refractivity contribution in [3.05, 3.63) is 35.7 Å². The summed E-state index contributed by atoms with van der Waals surface area (Å²) in [6, 6.07) is 5.69. The first kappa shape index (κ1) is 29.6. The number of carbonyl (C=O) groups excluding carboxylic acids is 2. The molecule has 4 rings (SSSR count). The van der Waals surface area contributed by atoms with Crippen molar-refractivity contribution in [1.82, 2.24) is 15.1 Å². The van der Waals surface area contributed by atoms with Crippen LogP contribution < -0.4 is 15.4 Å². The van der Waals surface area contributed by atoms with Crippen LogP contribution in [0.1, 0.15) is 62.7 Å². The number of amides is 2. The molecule has 0 radical (unpaired) electrons. The number of hydrogen-bond donors (Lipinski definition) is 2. The van der Waals surface area contributed by atoms with Crippen molar-refractivity contribution in [1.29, 1.82) is 0 Å². The Morgan fingerprint density at radius 2 is 1.95 bits per heavy atom. The lowest BCUT2D eigenvalue weighted by Crippen LogP contribution is -2.44. The lowest BCUT2D eigenvalue weighted by atomic mass is 9.91. The van der Waals surface area contributed by atoms with Crippen LogP contribution in [0.2, 0.25) is 0 Å². The van der Waals surface area contributed by atoms with Gasteiger partial charge in [-0.15, -0.1) is 0 Å². The number of amidine groups is 1. The van der Waals surface area contributed by atoms with Gasteiger partial charge in [0.15, 0.2) is 5.84 Å². The number of aliphatic imine (C=N–C) groups is 2. The number of methoxy groups -OCH3 is 1. The maximum Gasteiger partial charge on any atom is 0.251 e. The minimum absolute atomic E-state index is 0.0240. The Morgan fingerprint density at radius 3 is 2.62 bits per heavy atom. The Morgan fingerprint density at radius 1 is 1.23 bits per heavy atom. The Hall–Kier alpha value is -3.40. The fourth-order valence-electron chi connectivity index (χ4n) is 5.82. The van der Waals surface area contributed by atoms with Crippen LogP contribution in [-0.4, -0.2) is 87.3 Å². The maximum absolute atomic E-state index is 13.3. The molecule has 2 saturated heterocycles. The van der Waals surface area contributed by atoms with E-state index in [0.717, 1.165) is 50.4 Å². The first-order chi connectivity index (χ1) is 19.2. The van der Waals surface area contributed by atoms with E-state index in [4.69, 9.17) is 14.5 Å². The average molecular weight is 553 g/mol. The third-order valence-corrected chi connectivity index (χ3v) is 8.14. The number of carbonyl (C=O) groups is 2. The molecule has 2 aliphatic heterocycles. The van der Waals surface area contributed by atoms with Gasteiger partial charge in [0.25, 0.3) is 5.91 Å². The number of rotatable bonds is 9. The molecule has 0 aromatic heterocycles. The van der Waals surface area contributed by atoms with Gasteiger partial charge in [0, 0.05) is 45.0 Å². The zero-order chi connectivity index (χ0) is 28.7. The summed E-state index contributed by atoms with van der Waals surface area (Å²) < 4.78 is 11.0. The van der Waals surface area contributed by atoms with E-state index in [0.29, 0.717) is 42.1 Å². The van der Waals surface area contributed by atoms with Gasteiger partial charge in [-0.1, -0.05) is 12.8 Å². The molecule has 1 aliphatic carbocycles. The molecule has 1 aromatic carbocycles. The molecule has 0 unspecified atom stereocenters. The summed E-state index contributed by atoms with van der Waals surface area (Å²) in [6.45, 7) is 10.6. The van der Waals surface area contributed by atoms with Gasteiger partial charge in [-0.3, -0.25) is 14.6 Å². The van der Waals surface area contributed by atoms with Gasteiger partial charge in [0.1, 0.15) is 18.1 Å². The summed E-state index contributed by atoms with van der Waals surface area (Å²) in [5, 5.41) is 6.38. The quantitative estimate of drug-likeness (QED) is 0.450. The fourth-order valence-corrected chi connectivity index (χ4v) is 5.82. The van der Waals surface area contributed by atoms with E-state index in [1.54, 1.807) is 37.4 Å². The van der Waals surface area contributed by atoms with Crippen molar-refractivity contribution in [2.45, 2.75) is 58.4 Å². The second-order valence-electron chi connectivity index (χ2n) is 11.5. The van der Waals surface area contributed by atoms with Crippen molar-refractivity contribution in [2.24, 2.45) is 21.3 Å². The maximum atomic E-state index is 13.3. The van der Waals surface area contributed by atoms with Gasteiger partial charge in [0.2, 0.25) is 5.91 Å². The molecule has 218 valence electrons. The van der Waals surface area contributed by atoms with Crippen LogP contribution in [0.5, 0.6) is 5.75 Å². The molecule has 3 fully saturated rings. The molecule has 40 heavy (non-hydrogen) atoms. The zero-order valence-electron chi connectivity index (χ0n) is 24.4. The summed E-state index contributed by atoms with van der Waals surface area (Å²) in [5.41, 5.74) is 1.34. The van der Waals surface area contributed by atoms with E-state index in [-0.39, 0.29) is 18.5 Å². The van der Waals surface area contributed by atoms with Crippen LogP contribution in [0, 0.1) is 11.3 Å². The number of ether oxygens (including phenoxy) is 2. The van der Waals surface area contributed by atoms with Gasteiger partial charge < -0.3 is 29.9 Å². The van der Waals surface area contributed by atoms with E-state index >= 15 is 0 Å². The molecule has 2 heterocycles. The standard InChI is InChI=1S/C30H44N6O4/c1-30(2)19-36(23-8-6-7-9-23)27(25(18-31-3)35(4)29(30)38)34-20-33-24-11-10-22(16-26(24)39-5)28(37)32-17-21-12-14-40-15-13-21/h10-11,16,18,21,23,33H,3,6-9,12-15,17,19-20H2,1-2,4-5H3,(H,32,37)/b25-18+,34-27+. The monoisotopic (exact) mass is 552 g/mol. The smallest absolute Gasteiger partial charge is 0.251 e. The third kappa shape index (κ3) is 6.83. The Balaban J connectivity index is 1.52. The molecule has 2 amide bonds. The van der Waals surface area contributed by atoms with Crippen LogP contribution in [0.4, 0.5) is 5.69 Å². The molecule has 0 bridgehead atoms. The van der Waals surface area contributed by atoms with Crippen LogP contribution in [0.15, 0.2) is 40.1 Å². The molecule has 10 heteroatoms. The van der Waals surface area contributed by atoms with E-state index in [2.05, 4.69) is 27.2 Å². The molecule has 0 spiro atoms. The number of anilines is 1. The van der Waals surface area contributed by atoms with Gasteiger partial charge >= 0.3 is 0 Å². The molecule has 2 N–H and O–H groups in total. The molecule has 1 saturated carbocycles. The Labute approximate surface area is 237 Å². The third-order valence-electron chi connectivity index (χ3n) is 8.14. The lowest BCUT2D eigenvalue weighted by Gasteiger charge is -2.34. The van der Waals surface area contributed by atoms with E-state index < -0.39 is 5.41 Å². The van der Waals surface area contributed by atoms with E-state index in [1.807, 2.05) is 19.9 Å². The van der Waals surface area contributed by atoms with Crippen LogP contribution in [-0.2, 0) is 9.53 Å². The van der Waals surface area contributed by atoms with Crippen molar-refractivity contribution in [3.63, 3.8) is 0 Å². The normalized spacial score (nSPS) is 22.4. The second-order valence-corrected chi connectivity index (χ2v) is 11.5. The second kappa shape index (κ2) is 13.3. The van der Waals surface area contributed by atoms with Crippen LogP contribution >= 0.6 is 0 Å². The fraction of sp³-hybridized carbons (Fsp3) is 0.600. The molecular weight excluding hydrogens is 508 g/mol. The van der Waals surface area contributed by atoms with Crippen molar-refractivity contribution in [3.8, 4) is 5.75 Å². The highest BCUT2D eigenvalue weighted by molar-refractivity contribution is 6.04. The zero-order valence-corrected chi connectivity index (χ0v) is 24.4. The van der Waals surface area contributed by atoms with Crippen molar-refractivity contribution < 1.29 is 19.1 Å². The number of nitrogens with zero attached hydrogens (tertiary/aromatic N) is 4. The molecular formula is C30H44N6O4. The predicted molar refractivity (Wildman–Crippen MR) is 158 cm³/mol. The summed E-state index contributed by atoms with van der Waals surface area (Å²) in [7, 11) is 3.36. The number of likely N-dealkylation sites (N-methyl/N-ethyl adjacent to an activating group) is 1. The van der Waals surface area contributed by atoms with E-state index in [9.17, 15) is 9.59 Å². The van der Waals surface area contributed by atoms with Gasteiger partial charge in [-0.2, -0.15) is 0 Å². The van der Waals surface area contributed by atoms with Gasteiger partial charge in [-0.05, 0) is 70.4 Å². The molecule has 3 aliphatic rings. The molecule has 0 atom stereocenters. The van der Waals surface area contributed by atoms with E-state index in [1.165, 1.54) is 12.8 Å². The lowest BCUT2D eigenvalue weighted by molar-refractivity contribution is -0.136. The number of hydrogen-bond acceptors (Lipinski definition) is 7. The Kier molecular flexibility index (Phi) is 9.84. The highest BCUT2D eigenvalue weighted by atomic mass is 16.5. The topological polar surface area (TPSA) is 108 Å². The highest BCUT2D eigenvalue weighted by Crippen LogP contribution is 2.34. The summed E-state index contributed by atoms with van der Waals surface area (Å²) in [4.78, 5) is 39.0. The predicted octanol–water partition coefficient (Wildman–Crippen LogP) is 3.90. The minimum Gasteiger partial charge on any atom is -0.495 e. The molecule has 1 aromatic rings. The molecule has 10 nitrogen and oxygen atoms in total. The van der Waals surface area contributed by atoms with Crippen molar-refractivity contribution >= 4 is 30.1 Å². The van der Waals surface area contributed by atoms with Gasteiger partial charge in [0.05, 0.1) is 24.4 Å². The largest absolute Gasteiger partial charge is 0.495 e. The summed E-state index contributed by atoms with van der Waals surface area (Å²) in [6.07, 6.45) is 8.03. The summed E-state index contributed by atoms with van der Waals surface area (Å²) in [5.74, 6) is 1.64. The number of nitrogens with one attached hydrogen (secondary N) is 2. The summed E-state index contributed by atoms with van der Waals surface area (Å²) >= 11 is 0. The highest BCUT2D eigenvalue weighted by Gasteiger charge is 2.42. The first-order valence-corrected chi connectivity index (χ1v) is 14.3. The number of benzene rings is 1. The van der Waals surface area contributed by atoms with Crippen LogP contribution in [0.25, 0.3) is 0 Å². The minimum atomic E-state index is -0.577. The Bertz CT molecular complexity index is 1140. The van der Waals surface area contributed by atoms with Crippen molar-refractivity contribution in [2.75, 3.05) is 52.4 Å². The van der Waals surface area contributed by atoms with Crippen LogP contribution in [0.3, 0.4) is 0 Å². The average Bonchev–Trinajstić information content (AvgIpc) is 3.49.